The van der Waals surface area contributed by atoms with E-state index in [1.54, 1.807) is 0 Å². The number of benzene rings is 6. The smallest absolute Gasteiger partial charge is 0.155 e. The molecule has 0 radical (unpaired) electrons. The van der Waals surface area contributed by atoms with Crippen molar-refractivity contribution in [2.24, 2.45) is 20.5 Å². The molecule has 0 saturated heterocycles. The summed E-state index contributed by atoms with van der Waals surface area (Å²) in [5, 5.41) is 52.6. The lowest BCUT2D eigenvalue weighted by molar-refractivity contribution is 0.451. The Kier molecular flexibility index (Phi) is 10.9. The largest absolute Gasteiger partial charge is 0.744 e. The molecule has 0 bridgehead atoms. The minimum Gasteiger partial charge on any atom is -0.744 e. The number of hydrogen-bond acceptors (Lipinski definition) is 26. The molecule has 26 nitrogen and oxygen atoms in total. The van der Waals surface area contributed by atoms with Crippen LogP contribution in [0.3, 0.4) is 0 Å². The van der Waals surface area contributed by atoms with Crippen LogP contribution in [0.1, 0.15) is 0 Å². The Morgan fingerprint density at radius 2 is 0.629 bits per heavy atom. The van der Waals surface area contributed by atoms with Crippen molar-refractivity contribution in [2.75, 3.05) is 0 Å². The zero-order chi connectivity index (χ0) is 46.4. The van der Waals surface area contributed by atoms with Gasteiger partial charge < -0.3 is 47.7 Å². The van der Waals surface area contributed by atoms with Crippen LogP contribution in [0.2, 0.25) is 0 Å². The Morgan fingerprint density at radius 3 is 0.984 bits per heavy atom. The van der Waals surface area contributed by atoms with Gasteiger partial charge >= 0.3 is 0 Å². The first-order chi connectivity index (χ1) is 28.2. The molecule has 0 unspecified atom stereocenters. The summed E-state index contributed by atoms with van der Waals surface area (Å²) < 4.78 is 216. The van der Waals surface area contributed by atoms with Crippen LogP contribution < -0.4 is 0 Å². The van der Waals surface area contributed by atoms with Crippen molar-refractivity contribution in [3.05, 3.63) is 60.7 Å². The van der Waals surface area contributed by atoms with Gasteiger partial charge in [-0.2, -0.15) is 0 Å². The van der Waals surface area contributed by atoms with E-state index in [4.69, 9.17) is 0 Å². The van der Waals surface area contributed by atoms with Crippen molar-refractivity contribution < 1.29 is 98.2 Å². The molecular formula is C30H14N4O22S6-6. The van der Waals surface area contributed by atoms with Gasteiger partial charge in [-0.15, -0.1) is 20.5 Å². The van der Waals surface area contributed by atoms with E-state index in [-0.39, 0.29) is 6.07 Å². The summed E-state index contributed by atoms with van der Waals surface area (Å²) in [6.45, 7) is 0. The second-order valence-corrected chi connectivity index (χ2v) is 20.5. The first kappa shape index (κ1) is 45.5. The third-order valence-electron chi connectivity index (χ3n) is 8.37. The van der Waals surface area contributed by atoms with E-state index < -0.39 is 168 Å². The first-order valence-electron chi connectivity index (χ1n) is 15.4. The van der Waals surface area contributed by atoms with Gasteiger partial charge in [-0.3, -0.25) is 0 Å². The molecule has 0 aromatic heterocycles. The van der Waals surface area contributed by atoms with E-state index in [1.165, 1.54) is 0 Å². The van der Waals surface area contributed by atoms with Gasteiger partial charge in [0.2, 0.25) is 0 Å². The van der Waals surface area contributed by atoms with Crippen molar-refractivity contribution in [3.63, 3.8) is 0 Å². The quantitative estimate of drug-likeness (QED) is 0.113. The van der Waals surface area contributed by atoms with Gasteiger partial charge in [-0.1, -0.05) is 0 Å². The number of nitrogens with zero attached hydrogens (tertiary/aromatic N) is 4. The number of rotatable bonds is 10. The van der Waals surface area contributed by atoms with E-state index >= 15 is 0 Å². The number of aromatic hydroxyl groups is 4. The molecule has 0 aliphatic rings. The maximum atomic E-state index is 12.5. The summed E-state index contributed by atoms with van der Waals surface area (Å²) >= 11 is 0. The zero-order valence-electron chi connectivity index (χ0n) is 29.1. The molecule has 0 aliphatic carbocycles. The molecule has 0 spiro atoms. The molecule has 328 valence electrons. The van der Waals surface area contributed by atoms with Gasteiger partial charge in [0, 0.05) is 0 Å². The van der Waals surface area contributed by atoms with Gasteiger partial charge in [0.1, 0.15) is 83.6 Å². The third kappa shape index (κ3) is 8.69. The number of hydrogen-bond donors (Lipinski definition) is 4. The summed E-state index contributed by atoms with van der Waals surface area (Å²) in [6, 6.07) is 3.79. The van der Waals surface area contributed by atoms with E-state index in [2.05, 4.69) is 20.5 Å². The van der Waals surface area contributed by atoms with Crippen LogP contribution in [-0.4, -0.2) is 98.2 Å². The van der Waals surface area contributed by atoms with Crippen LogP contribution in [0.5, 0.6) is 23.0 Å². The predicted molar refractivity (Wildman–Crippen MR) is 195 cm³/mol. The molecule has 62 heavy (non-hydrogen) atoms. The molecule has 0 fully saturated rings. The van der Waals surface area contributed by atoms with E-state index in [0.29, 0.717) is 54.6 Å². The summed E-state index contributed by atoms with van der Waals surface area (Å²) in [6.07, 6.45) is 0. The normalized spacial score (nSPS) is 13.6. The van der Waals surface area contributed by atoms with Crippen LogP contribution in [0.25, 0.3) is 32.3 Å². The highest BCUT2D eigenvalue weighted by Gasteiger charge is 2.25. The minimum atomic E-state index is -5.89. The topological polar surface area (TPSA) is 474 Å². The maximum absolute atomic E-state index is 12.5. The van der Waals surface area contributed by atoms with Gasteiger partial charge in [-0.05, 0) is 76.8 Å². The van der Waals surface area contributed by atoms with Crippen LogP contribution in [0.4, 0.5) is 22.7 Å². The molecular weight excluding hydrogens is 961 g/mol. The minimum absolute atomic E-state index is 0.277. The summed E-state index contributed by atoms with van der Waals surface area (Å²) in [4.78, 5) is -7.96. The molecule has 6 aromatic carbocycles. The molecule has 0 saturated carbocycles. The molecule has 0 heterocycles. The molecule has 0 amide bonds. The fourth-order valence-corrected chi connectivity index (χ4v) is 9.21. The van der Waals surface area contributed by atoms with Gasteiger partial charge in [0.15, 0.2) is 11.5 Å². The Bertz CT molecular complexity index is 3780. The van der Waals surface area contributed by atoms with E-state index in [9.17, 15) is 98.2 Å². The highest BCUT2D eigenvalue weighted by atomic mass is 32.2. The number of phenolic OH excluding ortho intramolecular Hbond substituents is 4. The van der Waals surface area contributed by atoms with Gasteiger partial charge in [0.25, 0.3) is 0 Å². The number of phenols is 4. The van der Waals surface area contributed by atoms with E-state index in [1.807, 2.05) is 0 Å². The lowest BCUT2D eigenvalue weighted by atomic mass is 10.1. The first-order valence-corrected chi connectivity index (χ1v) is 23.9. The van der Waals surface area contributed by atoms with Crippen molar-refractivity contribution >= 4 is 116 Å². The molecule has 6 aromatic rings. The Morgan fingerprint density at radius 1 is 0.339 bits per heavy atom. The van der Waals surface area contributed by atoms with Gasteiger partial charge in [0.05, 0.1) is 56.9 Å². The standard InChI is InChI=1S/C30H20N4O22S6/c35-20-9-16(59(45,46)47)2-11-1-14(57(39,40)41)7-18(24(11)20)31-33-27-22(61(51,52)53)5-12-3-15(58(42,43)44)8-19(25(12)29(27)37)32-34-28-23(62(54,55)56)6-13-4-17(60(48,49)50)10-21(36)26(13)30(28)38/h1-10,35-38H,(H,39,40,41)(H,42,43,44)(H,45,46,47)(H,48,49,50)(H,51,52,53)(H,54,55,56)/p-6. The SMILES string of the molecule is O=S(=O)([O-])c1cc(O)c2c(N=Nc3c(S(=O)(=O)[O-])cc4cc(S(=O)(=O)[O-])cc(N=Nc5c(S(=O)(=O)[O-])cc6cc(S(=O)(=O)[O-])cc(O)c6c5O)c4c3O)cc(S(=O)(=O)[O-])cc2c1. The average molecular weight is 975 g/mol. The predicted octanol–water partition coefficient (Wildman–Crippen LogP) is 2.22. The van der Waals surface area contributed by atoms with Crippen molar-refractivity contribution in [2.45, 2.75) is 29.4 Å². The zero-order valence-corrected chi connectivity index (χ0v) is 34.0. The van der Waals surface area contributed by atoms with Crippen LogP contribution >= 0.6 is 0 Å². The number of fused-ring (bicyclic) bond motifs is 3. The lowest BCUT2D eigenvalue weighted by Gasteiger charge is -2.17. The molecule has 6 rings (SSSR count). The Balaban J connectivity index is 1.69. The van der Waals surface area contributed by atoms with Crippen LogP contribution in [0.15, 0.2) is 110 Å². The fraction of sp³-hybridized carbons (Fsp3) is 0. The number of azo groups is 2. The lowest BCUT2D eigenvalue weighted by Crippen LogP contribution is -2.02. The van der Waals surface area contributed by atoms with Crippen molar-refractivity contribution in [1.29, 1.82) is 0 Å². The highest BCUT2D eigenvalue weighted by Crippen LogP contribution is 2.49. The molecule has 0 aliphatic heterocycles. The van der Waals surface area contributed by atoms with Crippen molar-refractivity contribution in [1.82, 2.24) is 0 Å². The third-order valence-corrected chi connectivity index (χ3v) is 13.3. The molecule has 32 heteroatoms. The second-order valence-electron chi connectivity index (χ2n) is 12.3. The second kappa shape index (κ2) is 14.8. The maximum Gasteiger partial charge on any atom is 0.155 e. The van der Waals surface area contributed by atoms with Crippen molar-refractivity contribution in [3.8, 4) is 23.0 Å². The monoisotopic (exact) mass is 974 g/mol. The van der Waals surface area contributed by atoms with Crippen LogP contribution in [-0.2, 0) is 60.7 Å². The van der Waals surface area contributed by atoms with Gasteiger partial charge in [-0.25, -0.2) is 50.5 Å². The average Bonchev–Trinajstić information content (AvgIpc) is 3.10. The van der Waals surface area contributed by atoms with E-state index in [0.717, 1.165) is 0 Å². The highest BCUT2D eigenvalue weighted by molar-refractivity contribution is 7.87. The Labute approximate surface area is 345 Å². The molecule has 4 N–H and O–H groups in total. The summed E-state index contributed by atoms with van der Waals surface area (Å²) in [7, 11) is -33.5. The molecule has 0 atom stereocenters. The fourth-order valence-electron chi connectivity index (χ4n) is 5.81. The Hall–Kier alpha value is -6.04. The van der Waals surface area contributed by atoms with Crippen LogP contribution in [0, 0.1) is 0 Å². The summed E-state index contributed by atoms with van der Waals surface area (Å²) in [5.41, 5.74) is -4.88. The summed E-state index contributed by atoms with van der Waals surface area (Å²) in [5.74, 6) is -5.34.